The molecule has 0 radical (unpaired) electrons. The molecule has 0 saturated carbocycles. The highest BCUT2D eigenvalue weighted by atomic mass is 32.1. The first-order valence-electron chi connectivity index (χ1n) is 8.25. The van der Waals surface area contributed by atoms with E-state index in [2.05, 4.69) is 15.4 Å². The van der Waals surface area contributed by atoms with Gasteiger partial charge in [-0.3, -0.25) is 4.79 Å². The number of methoxy groups -OCH3 is 1. The van der Waals surface area contributed by atoms with Crippen LogP contribution in [0.2, 0.25) is 0 Å². The van der Waals surface area contributed by atoms with Gasteiger partial charge >= 0.3 is 0 Å². The lowest BCUT2D eigenvalue weighted by molar-refractivity contribution is 0.0951. The Morgan fingerprint density at radius 3 is 2.78 bits per heavy atom. The number of nitrogens with zero attached hydrogens (tertiary/aromatic N) is 3. The van der Waals surface area contributed by atoms with E-state index in [4.69, 9.17) is 10.5 Å². The molecule has 3 N–H and O–H groups in total. The second kappa shape index (κ2) is 7.08. The fraction of sp³-hybridized carbons (Fsp3) is 0.105. The quantitative estimate of drug-likeness (QED) is 0.556. The first-order valence-corrected chi connectivity index (χ1v) is 9.13. The van der Waals surface area contributed by atoms with Gasteiger partial charge in [0.25, 0.3) is 5.91 Å². The molecule has 0 aliphatic carbocycles. The van der Waals surface area contributed by atoms with Crippen LogP contribution in [0.3, 0.4) is 0 Å². The van der Waals surface area contributed by atoms with Crippen molar-refractivity contribution < 1.29 is 9.53 Å². The molecule has 1 amide bonds. The van der Waals surface area contributed by atoms with Crippen LogP contribution in [-0.2, 0) is 6.54 Å². The van der Waals surface area contributed by atoms with Gasteiger partial charge in [0.05, 0.1) is 12.0 Å². The Hall–Kier alpha value is -3.39. The topological polar surface area (TPSA) is 94.5 Å². The number of benzene rings is 1. The van der Waals surface area contributed by atoms with Crippen molar-refractivity contribution in [3.63, 3.8) is 0 Å². The van der Waals surface area contributed by atoms with E-state index in [9.17, 15) is 4.79 Å². The van der Waals surface area contributed by atoms with Crippen molar-refractivity contribution in [1.29, 1.82) is 0 Å². The van der Waals surface area contributed by atoms with E-state index in [0.717, 1.165) is 16.2 Å². The molecule has 0 aliphatic rings. The van der Waals surface area contributed by atoms with Gasteiger partial charge in [-0.2, -0.15) is 4.52 Å². The normalized spacial score (nSPS) is 10.9. The summed E-state index contributed by atoms with van der Waals surface area (Å²) in [7, 11) is 1.62. The zero-order valence-electron chi connectivity index (χ0n) is 14.5. The third-order valence-electron chi connectivity index (χ3n) is 4.08. The third kappa shape index (κ3) is 3.47. The Balaban J connectivity index is 1.54. The molecule has 8 heteroatoms. The number of carbonyl (C=O) groups is 1. The average molecular weight is 379 g/mol. The molecule has 0 saturated heterocycles. The summed E-state index contributed by atoms with van der Waals surface area (Å²) < 4.78 is 6.67. The van der Waals surface area contributed by atoms with Crippen LogP contribution in [0.1, 0.15) is 15.9 Å². The molecule has 1 aromatic carbocycles. The maximum Gasteiger partial charge on any atom is 0.251 e. The molecule has 27 heavy (non-hydrogen) atoms. The summed E-state index contributed by atoms with van der Waals surface area (Å²) in [5.74, 6) is 1.50. The van der Waals surface area contributed by atoms with E-state index in [1.165, 1.54) is 4.52 Å². The Bertz CT molecular complexity index is 1090. The van der Waals surface area contributed by atoms with Crippen LogP contribution in [0.25, 0.3) is 16.3 Å². The standard InChI is InChI=1S/C19H17N5O2S/c1-26-14-6-4-12(5-7-14)11-21-19(25)13-9-16(20)24-17(10-13)22-18(23-24)15-3-2-8-27-15/h2-10H,11,20H2,1H3,(H,21,25). The van der Waals surface area contributed by atoms with Crippen molar-refractivity contribution in [2.75, 3.05) is 12.8 Å². The van der Waals surface area contributed by atoms with Crippen LogP contribution in [0.15, 0.2) is 53.9 Å². The number of ether oxygens (including phenoxy) is 1. The molecule has 7 nitrogen and oxygen atoms in total. The number of nitrogen functional groups attached to an aromatic ring is 1. The smallest absolute Gasteiger partial charge is 0.251 e. The van der Waals surface area contributed by atoms with Crippen LogP contribution in [-0.4, -0.2) is 27.6 Å². The first-order chi connectivity index (χ1) is 13.1. The Morgan fingerprint density at radius 1 is 1.26 bits per heavy atom. The summed E-state index contributed by atoms with van der Waals surface area (Å²) >= 11 is 1.55. The molecule has 3 heterocycles. The van der Waals surface area contributed by atoms with Gasteiger partial charge in [0.15, 0.2) is 11.5 Å². The van der Waals surface area contributed by atoms with Crippen LogP contribution >= 0.6 is 11.3 Å². The maximum atomic E-state index is 12.5. The Morgan fingerprint density at radius 2 is 2.07 bits per heavy atom. The number of hydrogen-bond donors (Lipinski definition) is 2. The minimum Gasteiger partial charge on any atom is -0.497 e. The molecule has 0 unspecified atom stereocenters. The molecule has 0 atom stereocenters. The second-order valence-electron chi connectivity index (χ2n) is 5.88. The van der Waals surface area contributed by atoms with Crippen LogP contribution < -0.4 is 15.8 Å². The number of amides is 1. The average Bonchev–Trinajstić information content (AvgIpc) is 3.36. The monoisotopic (exact) mass is 379 g/mol. The van der Waals surface area contributed by atoms with E-state index < -0.39 is 0 Å². The summed E-state index contributed by atoms with van der Waals surface area (Å²) in [4.78, 5) is 18.0. The SMILES string of the molecule is COc1ccc(CNC(=O)c2cc(N)n3nc(-c4cccs4)nc3c2)cc1. The summed E-state index contributed by atoms with van der Waals surface area (Å²) in [6, 6.07) is 14.7. The molecule has 136 valence electrons. The third-order valence-corrected chi connectivity index (χ3v) is 4.95. The highest BCUT2D eigenvalue weighted by molar-refractivity contribution is 7.13. The van der Waals surface area contributed by atoms with Gasteiger partial charge in [-0.05, 0) is 41.3 Å². The second-order valence-corrected chi connectivity index (χ2v) is 6.83. The van der Waals surface area contributed by atoms with Crippen LogP contribution in [0, 0.1) is 0 Å². The zero-order chi connectivity index (χ0) is 18.8. The number of thiophene rings is 1. The maximum absolute atomic E-state index is 12.5. The predicted molar refractivity (Wildman–Crippen MR) is 105 cm³/mol. The first kappa shape index (κ1) is 17.0. The Kier molecular flexibility index (Phi) is 4.47. The van der Waals surface area contributed by atoms with E-state index in [1.54, 1.807) is 30.6 Å². The van der Waals surface area contributed by atoms with Crippen molar-refractivity contribution in [1.82, 2.24) is 19.9 Å². The number of fused-ring (bicyclic) bond motifs is 1. The number of pyridine rings is 1. The van der Waals surface area contributed by atoms with Crippen LogP contribution in [0.4, 0.5) is 5.82 Å². The van der Waals surface area contributed by atoms with Gasteiger partial charge in [-0.1, -0.05) is 18.2 Å². The Labute approximate surface area is 159 Å². The number of aromatic nitrogens is 3. The molecular weight excluding hydrogens is 362 g/mol. The van der Waals surface area contributed by atoms with Gasteiger partial charge in [-0.25, -0.2) is 4.98 Å². The molecule has 0 bridgehead atoms. The molecule has 4 rings (SSSR count). The summed E-state index contributed by atoms with van der Waals surface area (Å²) in [5, 5.41) is 9.26. The minimum atomic E-state index is -0.222. The lowest BCUT2D eigenvalue weighted by Gasteiger charge is -2.07. The fourth-order valence-corrected chi connectivity index (χ4v) is 3.33. The van der Waals surface area contributed by atoms with E-state index in [1.807, 2.05) is 41.8 Å². The van der Waals surface area contributed by atoms with E-state index >= 15 is 0 Å². The highest BCUT2D eigenvalue weighted by Crippen LogP contribution is 2.23. The molecule has 0 fully saturated rings. The predicted octanol–water partition coefficient (Wildman–Crippen LogP) is 2.98. The number of rotatable bonds is 5. The van der Waals surface area contributed by atoms with Gasteiger partial charge in [0.2, 0.25) is 0 Å². The molecule has 0 spiro atoms. The molecule has 0 aliphatic heterocycles. The van der Waals surface area contributed by atoms with Gasteiger partial charge in [0.1, 0.15) is 11.6 Å². The van der Waals surface area contributed by atoms with E-state index in [-0.39, 0.29) is 5.91 Å². The number of hydrogen-bond acceptors (Lipinski definition) is 6. The van der Waals surface area contributed by atoms with Gasteiger partial charge in [-0.15, -0.1) is 16.4 Å². The summed E-state index contributed by atoms with van der Waals surface area (Å²) in [6.07, 6.45) is 0. The van der Waals surface area contributed by atoms with Gasteiger partial charge < -0.3 is 15.8 Å². The lowest BCUT2D eigenvalue weighted by atomic mass is 10.2. The van der Waals surface area contributed by atoms with Crippen molar-refractivity contribution >= 4 is 28.7 Å². The van der Waals surface area contributed by atoms with Gasteiger partial charge in [0, 0.05) is 12.1 Å². The highest BCUT2D eigenvalue weighted by Gasteiger charge is 2.13. The molecule has 4 aromatic rings. The number of nitrogens with one attached hydrogen (secondary N) is 1. The van der Waals surface area contributed by atoms with E-state index in [0.29, 0.717) is 29.4 Å². The number of anilines is 1. The molecule has 3 aromatic heterocycles. The fourth-order valence-electron chi connectivity index (χ4n) is 2.68. The lowest BCUT2D eigenvalue weighted by Crippen LogP contribution is -2.23. The van der Waals surface area contributed by atoms with Crippen molar-refractivity contribution in [3.8, 4) is 16.5 Å². The summed E-state index contributed by atoms with van der Waals surface area (Å²) in [5.41, 5.74) is 8.02. The van der Waals surface area contributed by atoms with Crippen molar-refractivity contribution in [2.45, 2.75) is 6.54 Å². The van der Waals surface area contributed by atoms with Crippen molar-refractivity contribution in [2.24, 2.45) is 0 Å². The van der Waals surface area contributed by atoms with Crippen molar-refractivity contribution in [3.05, 3.63) is 65.0 Å². The number of nitrogens with two attached hydrogens (primary N) is 1. The number of carbonyl (C=O) groups excluding carboxylic acids is 1. The zero-order valence-corrected chi connectivity index (χ0v) is 15.4. The largest absolute Gasteiger partial charge is 0.497 e. The minimum absolute atomic E-state index is 0.222. The van der Waals surface area contributed by atoms with Crippen LogP contribution in [0.5, 0.6) is 5.75 Å². The summed E-state index contributed by atoms with van der Waals surface area (Å²) in [6.45, 7) is 0.404. The molecular formula is C19H17N5O2S.